The van der Waals surface area contributed by atoms with Crippen LogP contribution >= 0.6 is 11.6 Å². The van der Waals surface area contributed by atoms with E-state index < -0.39 is 0 Å². The van der Waals surface area contributed by atoms with Gasteiger partial charge in [-0.1, -0.05) is 23.7 Å². The maximum absolute atomic E-state index is 12.6. The molecule has 0 aliphatic carbocycles. The maximum atomic E-state index is 12.6. The fourth-order valence-electron chi connectivity index (χ4n) is 2.70. The minimum atomic E-state index is -0.356. The van der Waals surface area contributed by atoms with Crippen LogP contribution in [0, 0.1) is 0 Å². The Hall–Kier alpha value is -3.25. The lowest BCUT2D eigenvalue weighted by molar-refractivity contribution is 0.102. The van der Waals surface area contributed by atoms with E-state index in [-0.39, 0.29) is 18.0 Å². The molecule has 1 amide bonds. The second-order valence-corrected chi connectivity index (χ2v) is 6.45. The van der Waals surface area contributed by atoms with E-state index in [1.54, 1.807) is 44.6 Å². The molecule has 144 valence electrons. The zero-order valence-electron chi connectivity index (χ0n) is 15.4. The van der Waals surface area contributed by atoms with Crippen LogP contribution in [0.1, 0.15) is 15.9 Å². The lowest BCUT2D eigenvalue weighted by Gasteiger charge is -2.12. The van der Waals surface area contributed by atoms with Gasteiger partial charge in [0.1, 0.15) is 11.5 Å². The van der Waals surface area contributed by atoms with Gasteiger partial charge < -0.3 is 19.4 Å². The van der Waals surface area contributed by atoms with Crippen molar-refractivity contribution >= 4 is 23.2 Å². The van der Waals surface area contributed by atoms with Gasteiger partial charge in [-0.25, -0.2) is 0 Å². The van der Waals surface area contributed by atoms with Crippen LogP contribution in [0.2, 0.25) is 5.02 Å². The van der Waals surface area contributed by atoms with Gasteiger partial charge in [0.05, 0.1) is 37.0 Å². The van der Waals surface area contributed by atoms with E-state index in [4.69, 9.17) is 21.1 Å². The summed E-state index contributed by atoms with van der Waals surface area (Å²) in [6.45, 7) is 0.263. The molecule has 0 spiro atoms. The Labute approximate surface area is 167 Å². The molecule has 0 radical (unpaired) electrons. The molecule has 0 unspecified atom stereocenters. The number of carbonyl (C=O) groups excluding carboxylic acids is 1. The summed E-state index contributed by atoms with van der Waals surface area (Å²) in [6, 6.07) is 15.2. The normalized spacial score (nSPS) is 10.4. The third kappa shape index (κ3) is 4.53. The van der Waals surface area contributed by atoms with Crippen LogP contribution in [0.3, 0.4) is 0 Å². The molecular formula is C21H19ClN2O4. The van der Waals surface area contributed by atoms with Gasteiger partial charge >= 0.3 is 0 Å². The van der Waals surface area contributed by atoms with Gasteiger partial charge in [0, 0.05) is 18.3 Å². The minimum Gasteiger partial charge on any atom is -0.497 e. The van der Waals surface area contributed by atoms with Gasteiger partial charge in [0.15, 0.2) is 0 Å². The Bertz CT molecular complexity index is 1040. The standard InChI is InChI=1S/C21H19ClN2O4/c1-27-16-9-14(10-17(11-16)28-2)12-24-13-15(7-8-20(24)25)21(26)23-19-6-4-3-5-18(19)22/h3-11,13H,12H2,1-2H3,(H,23,26). The van der Waals surface area contributed by atoms with Crippen molar-refractivity contribution in [1.82, 2.24) is 4.57 Å². The Morgan fingerprint density at radius 3 is 2.36 bits per heavy atom. The predicted molar refractivity (Wildman–Crippen MR) is 109 cm³/mol. The van der Waals surface area contributed by atoms with E-state index in [1.807, 2.05) is 12.1 Å². The third-order valence-electron chi connectivity index (χ3n) is 4.13. The number of hydrogen-bond donors (Lipinski definition) is 1. The molecule has 0 saturated heterocycles. The number of aromatic nitrogens is 1. The highest BCUT2D eigenvalue weighted by Gasteiger charge is 2.11. The Balaban J connectivity index is 1.87. The van der Waals surface area contributed by atoms with Crippen LogP contribution < -0.4 is 20.3 Å². The van der Waals surface area contributed by atoms with Crippen LogP contribution in [0.4, 0.5) is 5.69 Å². The number of carbonyl (C=O) groups is 1. The number of halogens is 1. The Morgan fingerprint density at radius 2 is 1.71 bits per heavy atom. The SMILES string of the molecule is COc1cc(Cn2cc(C(=O)Nc3ccccc3Cl)ccc2=O)cc(OC)c1. The summed E-state index contributed by atoms with van der Waals surface area (Å²) in [5.41, 5.74) is 1.43. The van der Waals surface area contributed by atoms with E-state index in [1.165, 1.54) is 22.9 Å². The number of amides is 1. The van der Waals surface area contributed by atoms with Crippen LogP contribution in [-0.2, 0) is 6.54 Å². The average Bonchev–Trinajstić information content (AvgIpc) is 2.71. The van der Waals surface area contributed by atoms with Gasteiger partial charge in [0.25, 0.3) is 11.5 Å². The number of rotatable bonds is 6. The summed E-state index contributed by atoms with van der Waals surface area (Å²) >= 11 is 6.08. The molecule has 1 N–H and O–H groups in total. The number of methoxy groups -OCH3 is 2. The minimum absolute atomic E-state index is 0.226. The zero-order valence-corrected chi connectivity index (χ0v) is 16.2. The lowest BCUT2D eigenvalue weighted by atomic mass is 10.2. The highest BCUT2D eigenvalue weighted by atomic mass is 35.5. The van der Waals surface area contributed by atoms with Crippen molar-refractivity contribution in [2.24, 2.45) is 0 Å². The summed E-state index contributed by atoms with van der Waals surface area (Å²) in [4.78, 5) is 24.8. The molecule has 28 heavy (non-hydrogen) atoms. The first-order valence-electron chi connectivity index (χ1n) is 8.48. The fraction of sp³-hybridized carbons (Fsp3) is 0.143. The molecule has 6 nitrogen and oxygen atoms in total. The first kappa shape index (κ1) is 19.5. The highest BCUT2D eigenvalue weighted by Crippen LogP contribution is 2.23. The quantitative estimate of drug-likeness (QED) is 0.685. The molecule has 0 aliphatic rings. The molecule has 0 atom stereocenters. The molecule has 0 aliphatic heterocycles. The number of nitrogens with zero attached hydrogens (tertiary/aromatic N) is 1. The van der Waals surface area contributed by atoms with Crippen LogP contribution in [0.15, 0.2) is 65.6 Å². The maximum Gasteiger partial charge on any atom is 0.257 e. The fourth-order valence-corrected chi connectivity index (χ4v) is 2.88. The number of benzene rings is 2. The molecule has 3 rings (SSSR count). The van der Waals surface area contributed by atoms with E-state index in [0.717, 1.165) is 5.56 Å². The van der Waals surface area contributed by atoms with Crippen molar-refractivity contribution in [1.29, 1.82) is 0 Å². The zero-order chi connectivity index (χ0) is 20.1. The van der Waals surface area contributed by atoms with Gasteiger partial charge in [0.2, 0.25) is 0 Å². The number of ether oxygens (including phenoxy) is 2. The van der Waals surface area contributed by atoms with Crippen molar-refractivity contribution in [2.45, 2.75) is 6.54 Å². The molecule has 0 bridgehead atoms. The number of hydrogen-bond acceptors (Lipinski definition) is 4. The van der Waals surface area contributed by atoms with Gasteiger partial charge in [-0.2, -0.15) is 0 Å². The Kier molecular flexibility index (Phi) is 6.01. The third-order valence-corrected chi connectivity index (χ3v) is 4.46. The summed E-state index contributed by atoms with van der Waals surface area (Å²) < 4.78 is 12.0. The highest BCUT2D eigenvalue weighted by molar-refractivity contribution is 6.33. The van der Waals surface area contributed by atoms with Crippen molar-refractivity contribution < 1.29 is 14.3 Å². The van der Waals surface area contributed by atoms with Crippen molar-refractivity contribution in [3.63, 3.8) is 0 Å². The topological polar surface area (TPSA) is 69.6 Å². The first-order valence-corrected chi connectivity index (χ1v) is 8.86. The van der Waals surface area contributed by atoms with Gasteiger partial charge in [-0.3, -0.25) is 9.59 Å². The van der Waals surface area contributed by atoms with Crippen LogP contribution in [0.5, 0.6) is 11.5 Å². The van der Waals surface area contributed by atoms with E-state index >= 15 is 0 Å². The molecule has 1 aromatic heterocycles. The summed E-state index contributed by atoms with van der Waals surface area (Å²) in [5, 5.41) is 3.18. The van der Waals surface area contributed by atoms with Crippen LogP contribution in [-0.4, -0.2) is 24.7 Å². The number of pyridine rings is 1. The summed E-state index contributed by atoms with van der Waals surface area (Å²) in [6.07, 6.45) is 1.51. The van der Waals surface area contributed by atoms with E-state index in [0.29, 0.717) is 27.8 Å². The predicted octanol–water partition coefficient (Wildman–Crippen LogP) is 3.82. The van der Waals surface area contributed by atoms with E-state index in [2.05, 4.69) is 5.32 Å². The van der Waals surface area contributed by atoms with E-state index in [9.17, 15) is 9.59 Å². The molecule has 0 saturated carbocycles. The summed E-state index contributed by atoms with van der Waals surface area (Å²) in [7, 11) is 3.12. The average molecular weight is 399 g/mol. The van der Waals surface area contributed by atoms with Crippen LogP contribution in [0.25, 0.3) is 0 Å². The number of anilines is 1. The largest absolute Gasteiger partial charge is 0.497 e. The second-order valence-electron chi connectivity index (χ2n) is 6.04. The number of nitrogens with one attached hydrogen (secondary N) is 1. The Morgan fingerprint density at radius 1 is 1.04 bits per heavy atom. The monoisotopic (exact) mass is 398 g/mol. The molecule has 7 heteroatoms. The lowest BCUT2D eigenvalue weighted by Crippen LogP contribution is -2.22. The molecule has 1 heterocycles. The first-order chi connectivity index (χ1) is 13.5. The van der Waals surface area contributed by atoms with Gasteiger partial charge in [-0.05, 0) is 35.9 Å². The number of para-hydroxylation sites is 1. The van der Waals surface area contributed by atoms with Crippen molar-refractivity contribution in [3.8, 4) is 11.5 Å². The van der Waals surface area contributed by atoms with Gasteiger partial charge in [-0.15, -0.1) is 0 Å². The van der Waals surface area contributed by atoms with Crippen molar-refractivity contribution in [3.05, 3.63) is 87.3 Å². The summed E-state index contributed by atoms with van der Waals surface area (Å²) in [5.74, 6) is 0.884. The van der Waals surface area contributed by atoms with Crippen molar-refractivity contribution in [2.75, 3.05) is 19.5 Å². The molecular weight excluding hydrogens is 380 g/mol. The molecule has 2 aromatic carbocycles. The second kappa shape index (κ2) is 8.63. The smallest absolute Gasteiger partial charge is 0.257 e. The molecule has 0 fully saturated rings. The molecule has 3 aromatic rings.